The van der Waals surface area contributed by atoms with E-state index in [1.54, 1.807) is 0 Å². The maximum absolute atomic E-state index is 12.4. The van der Waals surface area contributed by atoms with Crippen molar-refractivity contribution in [3.63, 3.8) is 0 Å². The average Bonchev–Trinajstić information content (AvgIpc) is 3.02. The Labute approximate surface area is 121 Å². The van der Waals surface area contributed by atoms with Gasteiger partial charge in [-0.3, -0.25) is 5.32 Å². The van der Waals surface area contributed by atoms with Crippen molar-refractivity contribution in [1.29, 1.82) is 5.26 Å². The van der Waals surface area contributed by atoms with Crippen LogP contribution < -0.4 is 5.32 Å². The number of nitriles is 1. The summed E-state index contributed by atoms with van der Waals surface area (Å²) in [6.07, 6.45) is -1.23. The Morgan fingerprint density at radius 3 is 2.40 bits per heavy atom. The van der Waals surface area contributed by atoms with Crippen LogP contribution in [0.25, 0.3) is 0 Å². The molecule has 0 spiro atoms. The van der Waals surface area contributed by atoms with Gasteiger partial charge < -0.3 is 4.43 Å². The first-order valence-electron chi connectivity index (χ1n) is 7.16. The summed E-state index contributed by atoms with van der Waals surface area (Å²) in [5, 5.41) is 11.7. The number of halogens is 2. The fraction of sp³-hybridized carbons (Fsp3) is 0.929. The molecule has 0 aliphatic heterocycles. The van der Waals surface area contributed by atoms with Crippen molar-refractivity contribution < 1.29 is 13.2 Å². The molecule has 0 amide bonds. The van der Waals surface area contributed by atoms with Gasteiger partial charge in [0.15, 0.2) is 8.32 Å². The van der Waals surface area contributed by atoms with Crippen molar-refractivity contribution in [3.05, 3.63) is 0 Å². The van der Waals surface area contributed by atoms with Crippen LogP contribution in [-0.2, 0) is 4.43 Å². The van der Waals surface area contributed by atoms with E-state index in [-0.39, 0.29) is 23.7 Å². The molecule has 0 aromatic rings. The monoisotopic (exact) mass is 304 g/mol. The Morgan fingerprint density at radius 2 is 2.00 bits per heavy atom. The van der Waals surface area contributed by atoms with Gasteiger partial charge in [0, 0.05) is 5.92 Å². The fourth-order valence-corrected chi connectivity index (χ4v) is 3.11. The molecule has 0 radical (unpaired) electrons. The summed E-state index contributed by atoms with van der Waals surface area (Å²) in [5.41, 5.74) is 0. The van der Waals surface area contributed by atoms with Gasteiger partial charge in [0.05, 0.1) is 18.8 Å². The lowest BCUT2D eigenvalue weighted by molar-refractivity contribution is 0.0856. The van der Waals surface area contributed by atoms with Crippen LogP contribution in [0.15, 0.2) is 0 Å². The van der Waals surface area contributed by atoms with E-state index < -0.39 is 14.7 Å². The highest BCUT2D eigenvalue weighted by atomic mass is 28.4. The Kier molecular flexibility index (Phi) is 5.70. The lowest BCUT2D eigenvalue weighted by atomic mass is 10.2. The van der Waals surface area contributed by atoms with E-state index in [0.29, 0.717) is 12.3 Å². The molecule has 1 aliphatic rings. The van der Waals surface area contributed by atoms with Gasteiger partial charge in [0.2, 0.25) is 0 Å². The first-order chi connectivity index (χ1) is 9.06. The average molecular weight is 304 g/mol. The zero-order valence-corrected chi connectivity index (χ0v) is 14.0. The Balaban J connectivity index is 2.60. The molecule has 0 heterocycles. The quantitative estimate of drug-likeness (QED) is 0.575. The van der Waals surface area contributed by atoms with Crippen LogP contribution in [-0.4, -0.2) is 27.5 Å². The largest absolute Gasteiger partial charge is 0.402 e. The third-order valence-corrected chi connectivity index (χ3v) is 8.83. The molecule has 0 saturated heterocycles. The summed E-state index contributed by atoms with van der Waals surface area (Å²) >= 11 is 0. The van der Waals surface area contributed by atoms with Gasteiger partial charge in [-0.2, -0.15) is 5.26 Å². The predicted molar refractivity (Wildman–Crippen MR) is 77.9 cm³/mol. The van der Waals surface area contributed by atoms with Gasteiger partial charge >= 0.3 is 0 Å². The van der Waals surface area contributed by atoms with Crippen molar-refractivity contribution in [2.75, 3.05) is 6.54 Å². The lowest BCUT2D eigenvalue weighted by Gasteiger charge is -2.39. The van der Waals surface area contributed by atoms with Crippen molar-refractivity contribution in [1.82, 2.24) is 5.32 Å². The Hall–Kier alpha value is -0.513. The number of nitrogens with one attached hydrogen (secondary N) is 1. The molecule has 0 bridgehead atoms. The highest BCUT2D eigenvalue weighted by Gasteiger charge is 2.43. The molecule has 3 unspecified atom stereocenters. The van der Waals surface area contributed by atoms with Gasteiger partial charge in [0.1, 0.15) is 0 Å². The molecule has 1 N–H and O–H groups in total. The standard InChI is InChI=1S/C14H26F2N2OSi/c1-14(2,3)20(4,5)19-13(18-9-12(15)16)7-10-6-11(10)8-17/h10-13,18H,6-7,9H2,1-5H3. The molecule has 0 aromatic carbocycles. The number of nitrogens with zero attached hydrogens (tertiary/aromatic N) is 1. The zero-order chi connectivity index (χ0) is 15.6. The first kappa shape index (κ1) is 17.5. The van der Waals surface area contributed by atoms with Crippen molar-refractivity contribution in [2.24, 2.45) is 11.8 Å². The number of hydrogen-bond acceptors (Lipinski definition) is 3. The predicted octanol–water partition coefficient (Wildman–Crippen LogP) is 3.74. The molecule has 1 aliphatic carbocycles. The molecule has 116 valence electrons. The summed E-state index contributed by atoms with van der Waals surface area (Å²) in [4.78, 5) is 0. The summed E-state index contributed by atoms with van der Waals surface area (Å²) in [5.74, 6) is 0.369. The number of alkyl halides is 2. The second-order valence-corrected chi connectivity index (χ2v) is 11.9. The lowest BCUT2D eigenvalue weighted by Crippen LogP contribution is -2.49. The van der Waals surface area contributed by atoms with E-state index >= 15 is 0 Å². The molecule has 1 fully saturated rings. The highest BCUT2D eigenvalue weighted by molar-refractivity contribution is 6.74. The summed E-state index contributed by atoms with van der Waals surface area (Å²) in [7, 11) is -2.00. The van der Waals surface area contributed by atoms with E-state index in [9.17, 15) is 8.78 Å². The van der Waals surface area contributed by atoms with Gasteiger partial charge in [0.25, 0.3) is 6.43 Å². The molecule has 6 heteroatoms. The van der Waals surface area contributed by atoms with E-state index in [2.05, 4.69) is 45.3 Å². The van der Waals surface area contributed by atoms with Gasteiger partial charge in [-0.25, -0.2) is 8.78 Å². The third kappa shape index (κ3) is 5.11. The maximum Gasteiger partial charge on any atom is 0.250 e. The molecular weight excluding hydrogens is 278 g/mol. The van der Waals surface area contributed by atoms with Crippen LogP contribution in [0, 0.1) is 23.2 Å². The van der Waals surface area contributed by atoms with Gasteiger partial charge in [-0.15, -0.1) is 0 Å². The fourth-order valence-electron chi connectivity index (χ4n) is 1.87. The van der Waals surface area contributed by atoms with Gasteiger partial charge in [-0.05, 0) is 36.9 Å². The first-order valence-corrected chi connectivity index (χ1v) is 10.1. The molecule has 3 nitrogen and oxygen atoms in total. The SMILES string of the molecule is CC(C)(C)[Si](C)(C)OC(CC1CC1C#N)NCC(F)F. The molecule has 1 rings (SSSR count). The van der Waals surface area contributed by atoms with Crippen molar-refractivity contribution >= 4 is 8.32 Å². The van der Waals surface area contributed by atoms with Crippen LogP contribution >= 0.6 is 0 Å². The minimum absolute atomic E-state index is 0.0376. The summed E-state index contributed by atoms with van der Waals surface area (Å²) < 4.78 is 31.0. The van der Waals surface area contributed by atoms with E-state index in [1.807, 2.05) is 0 Å². The number of rotatable bonds is 7. The smallest absolute Gasteiger partial charge is 0.250 e. The number of hydrogen-bond donors (Lipinski definition) is 1. The van der Waals surface area contributed by atoms with Crippen molar-refractivity contribution in [3.8, 4) is 6.07 Å². The van der Waals surface area contributed by atoms with Crippen molar-refractivity contribution in [2.45, 2.75) is 64.4 Å². The highest BCUT2D eigenvalue weighted by Crippen LogP contribution is 2.43. The third-order valence-electron chi connectivity index (χ3n) is 4.35. The Morgan fingerprint density at radius 1 is 1.40 bits per heavy atom. The van der Waals surface area contributed by atoms with Crippen LogP contribution in [0.3, 0.4) is 0 Å². The zero-order valence-electron chi connectivity index (χ0n) is 13.0. The Bertz CT molecular complexity index is 363. The molecule has 1 saturated carbocycles. The normalized spacial score (nSPS) is 24.6. The topological polar surface area (TPSA) is 45.0 Å². The van der Waals surface area contributed by atoms with E-state index in [0.717, 1.165) is 6.42 Å². The van der Waals surface area contributed by atoms with Crippen LogP contribution in [0.4, 0.5) is 8.78 Å². The van der Waals surface area contributed by atoms with Crippen LogP contribution in [0.1, 0.15) is 33.6 Å². The molecular formula is C14H26F2N2OSi. The minimum atomic E-state index is -2.38. The minimum Gasteiger partial charge on any atom is -0.402 e. The van der Waals surface area contributed by atoms with E-state index in [4.69, 9.17) is 9.69 Å². The second kappa shape index (κ2) is 6.50. The second-order valence-electron chi connectivity index (χ2n) is 7.13. The summed E-state index contributed by atoms with van der Waals surface area (Å²) in [6, 6.07) is 2.23. The van der Waals surface area contributed by atoms with Crippen LogP contribution in [0.2, 0.25) is 18.1 Å². The molecule has 0 aromatic heterocycles. The van der Waals surface area contributed by atoms with E-state index in [1.165, 1.54) is 0 Å². The molecule has 3 atom stereocenters. The molecule has 20 heavy (non-hydrogen) atoms. The maximum atomic E-state index is 12.4. The summed E-state index contributed by atoms with van der Waals surface area (Å²) in [6.45, 7) is 10.2. The van der Waals surface area contributed by atoms with Crippen LogP contribution in [0.5, 0.6) is 0 Å². The van der Waals surface area contributed by atoms with Gasteiger partial charge in [-0.1, -0.05) is 20.8 Å².